The first-order valence-corrected chi connectivity index (χ1v) is 9.35. The van der Waals surface area contributed by atoms with Crippen LogP contribution in [0, 0.1) is 13.8 Å². The van der Waals surface area contributed by atoms with E-state index in [9.17, 15) is 4.79 Å². The molecule has 0 aliphatic carbocycles. The number of anilines is 1. The van der Waals surface area contributed by atoms with Gasteiger partial charge in [0.15, 0.2) is 0 Å². The van der Waals surface area contributed by atoms with Gasteiger partial charge in [-0.3, -0.25) is 4.79 Å². The van der Waals surface area contributed by atoms with Crippen molar-refractivity contribution >= 4 is 23.2 Å². The third-order valence-corrected chi connectivity index (χ3v) is 4.72. The number of hydrogen-bond donors (Lipinski definition) is 1. The van der Waals surface area contributed by atoms with Crippen molar-refractivity contribution < 1.29 is 14.3 Å². The molecule has 1 N–H and O–H groups in total. The van der Waals surface area contributed by atoms with E-state index in [1.165, 1.54) is 0 Å². The van der Waals surface area contributed by atoms with Crippen LogP contribution in [0.3, 0.4) is 0 Å². The Morgan fingerprint density at radius 3 is 2.32 bits per heavy atom. The number of ether oxygens (including phenoxy) is 2. The minimum absolute atomic E-state index is 0.262. The van der Waals surface area contributed by atoms with Gasteiger partial charge in [-0.2, -0.15) is 0 Å². The fraction of sp³-hybridized carbons (Fsp3) is 0.227. The quantitative estimate of drug-likeness (QED) is 0.568. The van der Waals surface area contributed by atoms with Gasteiger partial charge in [-0.15, -0.1) is 0 Å². The first-order valence-electron chi connectivity index (χ1n) is 8.97. The largest absolute Gasteiger partial charge is 0.491 e. The van der Waals surface area contributed by atoms with Gasteiger partial charge in [-0.1, -0.05) is 11.6 Å². The van der Waals surface area contributed by atoms with Crippen molar-refractivity contribution in [2.75, 3.05) is 25.6 Å². The molecule has 0 aliphatic rings. The maximum Gasteiger partial charge on any atom is 0.257 e. The van der Waals surface area contributed by atoms with Gasteiger partial charge >= 0.3 is 0 Å². The Labute approximate surface area is 169 Å². The number of halogens is 1. The number of amides is 1. The zero-order chi connectivity index (χ0) is 20.1. The summed E-state index contributed by atoms with van der Waals surface area (Å²) < 4.78 is 12.6. The van der Waals surface area contributed by atoms with Crippen molar-refractivity contribution in [1.29, 1.82) is 0 Å². The van der Waals surface area contributed by atoms with Crippen molar-refractivity contribution in [1.82, 2.24) is 4.57 Å². The van der Waals surface area contributed by atoms with Crippen LogP contribution in [0.15, 0.2) is 54.6 Å². The van der Waals surface area contributed by atoms with Crippen LogP contribution in [0.2, 0.25) is 5.02 Å². The number of nitrogens with one attached hydrogen (secondary N) is 1. The second kappa shape index (κ2) is 8.95. The lowest BCUT2D eigenvalue weighted by Crippen LogP contribution is -2.13. The second-order valence-corrected chi connectivity index (χ2v) is 6.84. The number of rotatable bonds is 7. The molecule has 2 aromatic carbocycles. The fourth-order valence-electron chi connectivity index (χ4n) is 2.98. The average molecular weight is 399 g/mol. The highest BCUT2D eigenvalue weighted by atomic mass is 35.5. The minimum Gasteiger partial charge on any atom is -0.491 e. The molecule has 0 fully saturated rings. The first kappa shape index (κ1) is 20.0. The lowest BCUT2D eigenvalue weighted by molar-refractivity contribution is 0.102. The molecule has 1 heterocycles. The van der Waals surface area contributed by atoms with Crippen LogP contribution in [0.5, 0.6) is 5.75 Å². The number of carbonyl (C=O) groups excluding carboxylic acids is 1. The molecule has 0 unspecified atom stereocenters. The molecule has 0 aliphatic heterocycles. The smallest absolute Gasteiger partial charge is 0.257 e. The molecular weight excluding hydrogens is 376 g/mol. The molecule has 0 spiro atoms. The van der Waals surface area contributed by atoms with Gasteiger partial charge in [0.05, 0.1) is 17.2 Å². The van der Waals surface area contributed by atoms with Gasteiger partial charge in [0.2, 0.25) is 0 Å². The Balaban J connectivity index is 1.76. The summed E-state index contributed by atoms with van der Waals surface area (Å²) in [6, 6.07) is 16.7. The number of aromatic nitrogens is 1. The van der Waals surface area contributed by atoms with E-state index in [4.69, 9.17) is 21.1 Å². The third-order valence-electron chi connectivity index (χ3n) is 4.39. The van der Waals surface area contributed by atoms with E-state index < -0.39 is 0 Å². The van der Waals surface area contributed by atoms with E-state index in [0.717, 1.165) is 17.1 Å². The Hall–Kier alpha value is -2.76. The van der Waals surface area contributed by atoms with Crippen LogP contribution >= 0.6 is 11.6 Å². The molecule has 6 heteroatoms. The van der Waals surface area contributed by atoms with Crippen LogP contribution in [0.25, 0.3) is 5.69 Å². The maximum absolute atomic E-state index is 12.8. The van der Waals surface area contributed by atoms with E-state index in [-0.39, 0.29) is 5.91 Å². The summed E-state index contributed by atoms with van der Waals surface area (Å²) in [5, 5.41) is 3.29. The normalized spacial score (nSPS) is 10.7. The van der Waals surface area contributed by atoms with Crippen LogP contribution < -0.4 is 10.1 Å². The monoisotopic (exact) mass is 398 g/mol. The molecule has 5 nitrogen and oxygen atoms in total. The second-order valence-electron chi connectivity index (χ2n) is 6.44. The van der Waals surface area contributed by atoms with Crippen LogP contribution in [-0.2, 0) is 4.74 Å². The van der Waals surface area contributed by atoms with Crippen LogP contribution in [-0.4, -0.2) is 30.8 Å². The van der Waals surface area contributed by atoms with Gasteiger partial charge in [0.1, 0.15) is 12.4 Å². The molecule has 1 aromatic heterocycles. The van der Waals surface area contributed by atoms with Gasteiger partial charge < -0.3 is 19.4 Å². The number of benzene rings is 2. The summed E-state index contributed by atoms with van der Waals surface area (Å²) in [5.41, 5.74) is 4.17. The van der Waals surface area contributed by atoms with Crippen molar-refractivity contribution in [3.05, 3.63) is 76.6 Å². The molecule has 0 radical (unpaired) electrons. The lowest BCUT2D eigenvalue weighted by Gasteiger charge is -2.13. The van der Waals surface area contributed by atoms with Gasteiger partial charge in [-0.25, -0.2) is 0 Å². The predicted molar refractivity (Wildman–Crippen MR) is 112 cm³/mol. The van der Waals surface area contributed by atoms with E-state index in [0.29, 0.717) is 35.2 Å². The fourth-order valence-corrected chi connectivity index (χ4v) is 3.18. The predicted octanol–water partition coefficient (Wildman–Crippen LogP) is 5.03. The van der Waals surface area contributed by atoms with E-state index in [1.54, 1.807) is 43.5 Å². The number of hydrogen-bond acceptors (Lipinski definition) is 3. The number of carbonyl (C=O) groups is 1. The van der Waals surface area contributed by atoms with Crippen molar-refractivity contribution in [2.24, 2.45) is 0 Å². The zero-order valence-electron chi connectivity index (χ0n) is 16.2. The molecule has 0 saturated heterocycles. The molecule has 1 amide bonds. The standard InChI is InChI=1S/C22H23ClN2O3/c1-15-4-5-16(2)25(15)18-8-11-21(23)20(14-18)22(26)24-17-6-9-19(10-7-17)28-13-12-27-3/h4-11,14H,12-13H2,1-3H3,(H,24,26). The molecule has 3 rings (SSSR count). The van der Waals surface area contributed by atoms with Crippen LogP contribution in [0.4, 0.5) is 5.69 Å². The SMILES string of the molecule is COCCOc1ccc(NC(=O)c2cc(-n3c(C)ccc3C)ccc2Cl)cc1. The summed E-state index contributed by atoms with van der Waals surface area (Å²) >= 11 is 6.29. The first-order chi connectivity index (χ1) is 13.5. The lowest BCUT2D eigenvalue weighted by atomic mass is 10.1. The highest BCUT2D eigenvalue weighted by Gasteiger charge is 2.14. The van der Waals surface area contributed by atoms with E-state index in [1.807, 2.05) is 32.0 Å². The Morgan fingerprint density at radius 2 is 1.68 bits per heavy atom. The van der Waals surface area contributed by atoms with Crippen molar-refractivity contribution in [3.8, 4) is 11.4 Å². The Bertz CT molecular complexity index is 945. The van der Waals surface area contributed by atoms with E-state index >= 15 is 0 Å². The molecule has 0 atom stereocenters. The van der Waals surface area contributed by atoms with Crippen molar-refractivity contribution in [2.45, 2.75) is 13.8 Å². The van der Waals surface area contributed by atoms with Crippen LogP contribution in [0.1, 0.15) is 21.7 Å². The number of aryl methyl sites for hydroxylation is 2. The summed E-state index contributed by atoms with van der Waals surface area (Å²) in [4.78, 5) is 12.8. The highest BCUT2D eigenvalue weighted by molar-refractivity contribution is 6.34. The minimum atomic E-state index is -0.262. The zero-order valence-corrected chi connectivity index (χ0v) is 16.9. The average Bonchev–Trinajstić information content (AvgIpc) is 3.02. The number of nitrogens with zero attached hydrogens (tertiary/aromatic N) is 1. The Kier molecular flexibility index (Phi) is 6.39. The maximum atomic E-state index is 12.8. The highest BCUT2D eigenvalue weighted by Crippen LogP contribution is 2.24. The number of methoxy groups -OCH3 is 1. The molecule has 0 bridgehead atoms. The van der Waals surface area contributed by atoms with Gasteiger partial charge in [0, 0.05) is 29.9 Å². The van der Waals surface area contributed by atoms with Crippen molar-refractivity contribution in [3.63, 3.8) is 0 Å². The Morgan fingerprint density at radius 1 is 1.00 bits per heavy atom. The summed E-state index contributed by atoms with van der Waals surface area (Å²) in [5.74, 6) is 0.455. The summed E-state index contributed by atoms with van der Waals surface area (Å²) in [6.45, 7) is 5.05. The topological polar surface area (TPSA) is 52.5 Å². The molecule has 28 heavy (non-hydrogen) atoms. The third kappa shape index (κ3) is 4.55. The molecule has 146 valence electrons. The van der Waals surface area contributed by atoms with Gasteiger partial charge in [-0.05, 0) is 68.4 Å². The molecular formula is C22H23ClN2O3. The van der Waals surface area contributed by atoms with Gasteiger partial charge in [0.25, 0.3) is 5.91 Å². The molecule has 0 saturated carbocycles. The summed E-state index contributed by atoms with van der Waals surface area (Å²) in [6.07, 6.45) is 0. The van der Waals surface area contributed by atoms with E-state index in [2.05, 4.69) is 9.88 Å². The summed E-state index contributed by atoms with van der Waals surface area (Å²) in [7, 11) is 1.63. The molecule has 3 aromatic rings.